The number of hydrogen-bond donors (Lipinski definition) is 2. The zero-order chi connectivity index (χ0) is 24.3. The largest absolute Gasteiger partial charge is 0.372 e. The van der Waals surface area contributed by atoms with Crippen molar-refractivity contribution in [2.24, 2.45) is 5.10 Å². The van der Waals surface area contributed by atoms with Crippen LogP contribution in [-0.4, -0.2) is 36.1 Å². The predicted molar refractivity (Wildman–Crippen MR) is 137 cm³/mol. The molecule has 34 heavy (non-hydrogen) atoms. The Bertz CT molecular complexity index is 1170. The van der Waals surface area contributed by atoms with E-state index in [1.165, 1.54) is 6.21 Å². The van der Waals surface area contributed by atoms with E-state index < -0.39 is 11.8 Å². The van der Waals surface area contributed by atoms with Crippen LogP contribution in [0.1, 0.15) is 35.5 Å². The van der Waals surface area contributed by atoms with E-state index in [0.717, 1.165) is 24.3 Å². The molecule has 0 atom stereocenters. The molecule has 3 rings (SSSR count). The van der Waals surface area contributed by atoms with Crippen LogP contribution in [-0.2, 0) is 4.79 Å². The van der Waals surface area contributed by atoms with Gasteiger partial charge in [-0.15, -0.1) is 0 Å². The van der Waals surface area contributed by atoms with Crippen molar-refractivity contribution in [3.05, 3.63) is 100 Å². The maximum atomic E-state index is 12.9. The van der Waals surface area contributed by atoms with Gasteiger partial charge in [-0.3, -0.25) is 14.6 Å². The highest BCUT2D eigenvalue weighted by atomic mass is 35.5. The maximum Gasteiger partial charge on any atom is 0.287 e. The number of carbonyl (C=O) groups excluding carboxylic acids is 2. The molecule has 2 N–H and O–H groups in total. The van der Waals surface area contributed by atoms with E-state index in [1.54, 1.807) is 48.7 Å². The Morgan fingerprint density at radius 1 is 1.00 bits per heavy atom. The third-order valence-corrected chi connectivity index (χ3v) is 5.32. The molecule has 2 aromatic carbocycles. The SMILES string of the molecule is CCN(CC)c1ccc(/C=C(/NC(=O)c2ccccc2Cl)C(=O)N/N=C\c2ccccn2)cc1. The summed E-state index contributed by atoms with van der Waals surface area (Å²) < 4.78 is 0. The smallest absolute Gasteiger partial charge is 0.287 e. The van der Waals surface area contributed by atoms with Crippen molar-refractivity contribution in [3.8, 4) is 0 Å². The van der Waals surface area contributed by atoms with Gasteiger partial charge < -0.3 is 10.2 Å². The second-order valence-electron chi connectivity index (χ2n) is 7.21. The minimum atomic E-state index is -0.583. The number of anilines is 1. The molecule has 8 heteroatoms. The first-order valence-electron chi connectivity index (χ1n) is 10.9. The summed E-state index contributed by atoms with van der Waals surface area (Å²) in [6, 6.07) is 19.7. The van der Waals surface area contributed by atoms with Crippen molar-refractivity contribution in [1.82, 2.24) is 15.7 Å². The van der Waals surface area contributed by atoms with Crippen LogP contribution < -0.4 is 15.6 Å². The van der Waals surface area contributed by atoms with Gasteiger partial charge in [0.05, 0.1) is 22.5 Å². The van der Waals surface area contributed by atoms with Crippen molar-refractivity contribution in [1.29, 1.82) is 0 Å². The first-order valence-corrected chi connectivity index (χ1v) is 11.3. The van der Waals surface area contributed by atoms with Crippen molar-refractivity contribution in [2.75, 3.05) is 18.0 Å². The molecule has 0 radical (unpaired) electrons. The van der Waals surface area contributed by atoms with Crippen LogP contribution in [0.2, 0.25) is 5.02 Å². The second kappa shape index (κ2) is 12.3. The molecule has 0 aliphatic heterocycles. The van der Waals surface area contributed by atoms with E-state index in [0.29, 0.717) is 5.69 Å². The average Bonchev–Trinajstić information content (AvgIpc) is 2.86. The van der Waals surface area contributed by atoms with Gasteiger partial charge in [-0.2, -0.15) is 5.10 Å². The average molecular weight is 476 g/mol. The van der Waals surface area contributed by atoms with Gasteiger partial charge in [0.1, 0.15) is 5.70 Å². The summed E-state index contributed by atoms with van der Waals surface area (Å²) in [6.07, 6.45) is 4.64. The first-order chi connectivity index (χ1) is 16.5. The van der Waals surface area contributed by atoms with Gasteiger partial charge in [0, 0.05) is 25.0 Å². The highest BCUT2D eigenvalue weighted by Crippen LogP contribution is 2.18. The first kappa shape index (κ1) is 24.7. The van der Waals surface area contributed by atoms with E-state index in [2.05, 4.69) is 39.6 Å². The molecule has 174 valence electrons. The molecule has 0 saturated carbocycles. The Hall–Kier alpha value is -3.97. The lowest BCUT2D eigenvalue weighted by Crippen LogP contribution is -2.33. The molecule has 0 bridgehead atoms. The summed E-state index contributed by atoms with van der Waals surface area (Å²) in [5.41, 5.74) is 5.13. The number of halogens is 1. The maximum absolute atomic E-state index is 12.9. The van der Waals surface area contributed by atoms with Gasteiger partial charge in [0.2, 0.25) is 0 Å². The van der Waals surface area contributed by atoms with Gasteiger partial charge in [0.25, 0.3) is 11.8 Å². The summed E-state index contributed by atoms with van der Waals surface area (Å²) in [7, 11) is 0. The molecule has 1 aromatic heterocycles. The number of amides is 2. The predicted octanol–water partition coefficient (Wildman–Crippen LogP) is 4.50. The van der Waals surface area contributed by atoms with Crippen LogP contribution in [0.4, 0.5) is 5.69 Å². The van der Waals surface area contributed by atoms with Crippen LogP contribution in [0.5, 0.6) is 0 Å². The molecular weight excluding hydrogens is 450 g/mol. The van der Waals surface area contributed by atoms with Crippen LogP contribution in [0, 0.1) is 0 Å². The van der Waals surface area contributed by atoms with Crippen molar-refractivity contribution in [3.63, 3.8) is 0 Å². The molecule has 0 aliphatic rings. The summed E-state index contributed by atoms with van der Waals surface area (Å²) in [6.45, 7) is 5.97. The number of carbonyl (C=O) groups is 2. The number of benzene rings is 2. The number of aromatic nitrogens is 1. The van der Waals surface area contributed by atoms with Gasteiger partial charge in [0.15, 0.2) is 0 Å². The van der Waals surface area contributed by atoms with Gasteiger partial charge in [-0.05, 0) is 61.9 Å². The molecule has 2 amide bonds. The number of nitrogens with zero attached hydrogens (tertiary/aromatic N) is 3. The lowest BCUT2D eigenvalue weighted by molar-refractivity contribution is -0.117. The lowest BCUT2D eigenvalue weighted by Gasteiger charge is -2.21. The molecular formula is C26H26ClN5O2. The van der Waals surface area contributed by atoms with E-state index in [1.807, 2.05) is 30.3 Å². The van der Waals surface area contributed by atoms with Crippen molar-refractivity contribution >= 4 is 41.4 Å². The summed E-state index contributed by atoms with van der Waals surface area (Å²) in [4.78, 5) is 32.0. The Labute approximate surface area is 204 Å². The zero-order valence-corrected chi connectivity index (χ0v) is 19.8. The fourth-order valence-corrected chi connectivity index (χ4v) is 3.42. The van der Waals surface area contributed by atoms with Crippen LogP contribution in [0.15, 0.2) is 83.7 Å². The third-order valence-electron chi connectivity index (χ3n) is 4.99. The summed E-state index contributed by atoms with van der Waals surface area (Å²) in [5.74, 6) is -1.08. The number of rotatable bonds is 9. The van der Waals surface area contributed by atoms with Gasteiger partial charge in [-0.1, -0.05) is 41.9 Å². The molecule has 3 aromatic rings. The molecule has 0 saturated heterocycles. The fourth-order valence-electron chi connectivity index (χ4n) is 3.20. The number of nitrogens with one attached hydrogen (secondary N) is 2. The molecule has 0 aliphatic carbocycles. The topological polar surface area (TPSA) is 86.7 Å². The van der Waals surface area contributed by atoms with Crippen molar-refractivity contribution < 1.29 is 9.59 Å². The fraction of sp³-hybridized carbons (Fsp3) is 0.154. The minimum absolute atomic E-state index is 0.0266. The van der Waals surface area contributed by atoms with Crippen LogP contribution >= 0.6 is 11.6 Å². The molecule has 1 heterocycles. The quantitative estimate of drug-likeness (QED) is 0.271. The van der Waals surface area contributed by atoms with E-state index in [9.17, 15) is 9.59 Å². The lowest BCUT2D eigenvalue weighted by atomic mass is 10.1. The highest BCUT2D eigenvalue weighted by Gasteiger charge is 2.16. The summed E-state index contributed by atoms with van der Waals surface area (Å²) >= 11 is 6.15. The second-order valence-corrected chi connectivity index (χ2v) is 7.62. The number of pyridine rings is 1. The van der Waals surface area contributed by atoms with Gasteiger partial charge in [-0.25, -0.2) is 5.43 Å². The Morgan fingerprint density at radius 2 is 1.71 bits per heavy atom. The third kappa shape index (κ3) is 6.76. The molecule has 0 unspecified atom stereocenters. The highest BCUT2D eigenvalue weighted by molar-refractivity contribution is 6.34. The molecule has 7 nitrogen and oxygen atoms in total. The van der Waals surface area contributed by atoms with E-state index >= 15 is 0 Å². The Kier molecular flexibility index (Phi) is 8.94. The summed E-state index contributed by atoms with van der Waals surface area (Å²) in [5, 5.41) is 6.89. The van der Waals surface area contributed by atoms with Crippen LogP contribution in [0.3, 0.4) is 0 Å². The zero-order valence-electron chi connectivity index (χ0n) is 19.0. The van der Waals surface area contributed by atoms with Gasteiger partial charge >= 0.3 is 0 Å². The number of hydrogen-bond acceptors (Lipinski definition) is 5. The Morgan fingerprint density at radius 3 is 2.35 bits per heavy atom. The number of hydrazone groups is 1. The normalized spacial score (nSPS) is 11.3. The van der Waals surface area contributed by atoms with Crippen LogP contribution in [0.25, 0.3) is 6.08 Å². The monoisotopic (exact) mass is 475 g/mol. The standard InChI is InChI=1S/C26H26ClN5O2/c1-3-32(4-2)21-14-12-19(13-15-21)17-24(30-25(33)22-10-5-6-11-23(22)27)26(34)31-29-18-20-9-7-8-16-28-20/h5-18H,3-4H2,1-2H3,(H,30,33)(H,31,34)/b24-17+,29-18-. The molecule has 0 fully saturated rings. The Balaban J connectivity index is 1.84. The van der Waals surface area contributed by atoms with E-state index in [-0.39, 0.29) is 16.3 Å². The minimum Gasteiger partial charge on any atom is -0.372 e. The molecule has 0 spiro atoms. The van der Waals surface area contributed by atoms with E-state index in [4.69, 9.17) is 11.6 Å². The van der Waals surface area contributed by atoms with Crippen molar-refractivity contribution in [2.45, 2.75) is 13.8 Å².